The van der Waals surface area contributed by atoms with Gasteiger partial charge in [0.2, 0.25) is 0 Å². The molecule has 0 radical (unpaired) electrons. The first-order valence-electron chi connectivity index (χ1n) is 5.48. The summed E-state index contributed by atoms with van der Waals surface area (Å²) in [5.74, 6) is 0.340. The van der Waals surface area contributed by atoms with Gasteiger partial charge in [-0.3, -0.25) is 0 Å². The van der Waals surface area contributed by atoms with Crippen LogP contribution in [-0.2, 0) is 14.6 Å². The minimum Gasteiger partial charge on any atom is -0.384 e. The number of rotatable bonds is 9. The van der Waals surface area contributed by atoms with Crippen molar-refractivity contribution in [3.05, 3.63) is 0 Å². The van der Waals surface area contributed by atoms with E-state index in [2.05, 4.69) is 12.2 Å². The van der Waals surface area contributed by atoms with Gasteiger partial charge in [0, 0.05) is 13.2 Å². The second kappa shape index (κ2) is 8.07. The minimum absolute atomic E-state index is 0.0851. The van der Waals surface area contributed by atoms with Crippen molar-refractivity contribution in [2.75, 3.05) is 31.8 Å². The van der Waals surface area contributed by atoms with Crippen molar-refractivity contribution in [3.63, 3.8) is 0 Å². The molecule has 5 heteroatoms. The summed E-state index contributed by atoms with van der Waals surface area (Å²) in [6.45, 7) is 5.15. The molecule has 0 saturated carbocycles. The van der Waals surface area contributed by atoms with Crippen molar-refractivity contribution >= 4 is 9.84 Å². The van der Waals surface area contributed by atoms with Gasteiger partial charge in [0.1, 0.15) is 0 Å². The molecule has 0 rings (SSSR count). The topological polar surface area (TPSA) is 55.4 Å². The Kier molecular flexibility index (Phi) is 8.00. The Morgan fingerprint density at radius 1 is 1.33 bits per heavy atom. The Bertz CT molecular complexity index is 233. The van der Waals surface area contributed by atoms with Crippen LogP contribution in [-0.4, -0.2) is 46.2 Å². The highest BCUT2D eigenvalue weighted by Crippen LogP contribution is 2.02. The normalized spacial score (nSPS) is 14.1. The number of ether oxygens (including phenoxy) is 1. The standard InChI is InChI=1S/C10H23NO3S/c1-4-6-10(11-5-2)9-15(12,13)8-7-14-3/h10-11H,4-9H2,1-3H3. The van der Waals surface area contributed by atoms with E-state index in [4.69, 9.17) is 4.74 Å². The average Bonchev–Trinajstić information content (AvgIpc) is 2.15. The third kappa shape index (κ3) is 7.76. The molecule has 92 valence electrons. The number of sulfone groups is 1. The number of methoxy groups -OCH3 is 1. The minimum atomic E-state index is -2.97. The van der Waals surface area contributed by atoms with Crippen molar-refractivity contribution in [1.29, 1.82) is 0 Å². The summed E-state index contributed by atoms with van der Waals surface area (Å²) in [6, 6.07) is 0.0851. The lowest BCUT2D eigenvalue weighted by molar-refractivity contribution is 0.217. The zero-order valence-electron chi connectivity index (χ0n) is 9.95. The van der Waals surface area contributed by atoms with Crippen LogP contribution in [0.15, 0.2) is 0 Å². The highest BCUT2D eigenvalue weighted by atomic mass is 32.2. The summed E-state index contributed by atoms with van der Waals surface area (Å²) in [5.41, 5.74) is 0. The van der Waals surface area contributed by atoms with E-state index in [1.807, 2.05) is 6.92 Å². The molecule has 0 aromatic carbocycles. The van der Waals surface area contributed by atoms with E-state index in [1.54, 1.807) is 0 Å². The van der Waals surface area contributed by atoms with Crippen molar-refractivity contribution in [2.24, 2.45) is 0 Å². The van der Waals surface area contributed by atoms with Crippen molar-refractivity contribution < 1.29 is 13.2 Å². The zero-order chi connectivity index (χ0) is 11.7. The molecule has 1 unspecified atom stereocenters. The molecule has 4 nitrogen and oxygen atoms in total. The van der Waals surface area contributed by atoms with Crippen LogP contribution in [0, 0.1) is 0 Å². The molecule has 0 aliphatic heterocycles. The van der Waals surface area contributed by atoms with Gasteiger partial charge < -0.3 is 10.1 Å². The first-order chi connectivity index (χ1) is 7.05. The highest BCUT2D eigenvalue weighted by Gasteiger charge is 2.17. The lowest BCUT2D eigenvalue weighted by Crippen LogP contribution is -2.36. The third-order valence-electron chi connectivity index (χ3n) is 2.18. The van der Waals surface area contributed by atoms with Gasteiger partial charge in [0.25, 0.3) is 0 Å². The van der Waals surface area contributed by atoms with E-state index >= 15 is 0 Å². The third-order valence-corrected chi connectivity index (χ3v) is 3.88. The van der Waals surface area contributed by atoms with E-state index in [-0.39, 0.29) is 24.2 Å². The fraction of sp³-hybridized carbons (Fsp3) is 1.00. The first kappa shape index (κ1) is 14.9. The molecule has 0 aliphatic carbocycles. The molecule has 0 fully saturated rings. The van der Waals surface area contributed by atoms with E-state index < -0.39 is 9.84 Å². The molecule has 1 N–H and O–H groups in total. The van der Waals surface area contributed by atoms with Crippen molar-refractivity contribution in [3.8, 4) is 0 Å². The maximum absolute atomic E-state index is 11.6. The zero-order valence-corrected chi connectivity index (χ0v) is 10.8. The Labute approximate surface area is 93.3 Å². The van der Waals surface area contributed by atoms with Crippen molar-refractivity contribution in [2.45, 2.75) is 32.7 Å². The summed E-state index contributed by atoms with van der Waals surface area (Å²) in [7, 11) is -1.46. The van der Waals surface area contributed by atoms with Crippen LogP contribution in [0.25, 0.3) is 0 Å². The molecule has 0 aliphatic rings. The average molecular weight is 237 g/mol. The fourth-order valence-electron chi connectivity index (χ4n) is 1.48. The van der Waals surface area contributed by atoms with Crippen LogP contribution in [0.1, 0.15) is 26.7 Å². The number of nitrogens with one attached hydrogen (secondary N) is 1. The quantitative estimate of drug-likeness (QED) is 0.645. The second-order valence-electron chi connectivity index (χ2n) is 3.65. The van der Waals surface area contributed by atoms with Gasteiger partial charge in [-0.2, -0.15) is 0 Å². The Hall–Kier alpha value is -0.130. The summed E-state index contributed by atoms with van der Waals surface area (Å²) in [6.07, 6.45) is 1.90. The summed E-state index contributed by atoms with van der Waals surface area (Å²) in [4.78, 5) is 0. The van der Waals surface area contributed by atoms with E-state index in [1.165, 1.54) is 7.11 Å². The van der Waals surface area contributed by atoms with Gasteiger partial charge in [-0.15, -0.1) is 0 Å². The van der Waals surface area contributed by atoms with Gasteiger partial charge in [-0.1, -0.05) is 20.3 Å². The van der Waals surface area contributed by atoms with Crippen LogP contribution < -0.4 is 5.32 Å². The van der Waals surface area contributed by atoms with Gasteiger partial charge in [0.15, 0.2) is 9.84 Å². The van der Waals surface area contributed by atoms with Crippen LogP contribution in [0.2, 0.25) is 0 Å². The molecule has 0 bridgehead atoms. The molecular weight excluding hydrogens is 214 g/mol. The largest absolute Gasteiger partial charge is 0.384 e. The van der Waals surface area contributed by atoms with Crippen LogP contribution in [0.4, 0.5) is 0 Å². The van der Waals surface area contributed by atoms with Gasteiger partial charge in [0.05, 0.1) is 18.1 Å². The Balaban J connectivity index is 4.12. The molecule has 1 atom stereocenters. The highest BCUT2D eigenvalue weighted by molar-refractivity contribution is 7.91. The molecule has 0 saturated heterocycles. The maximum Gasteiger partial charge on any atom is 0.154 e. The molecule has 0 spiro atoms. The number of hydrogen-bond acceptors (Lipinski definition) is 4. The van der Waals surface area contributed by atoms with E-state index in [0.717, 1.165) is 19.4 Å². The lowest BCUT2D eigenvalue weighted by atomic mass is 10.2. The molecule has 0 amide bonds. The molecule has 15 heavy (non-hydrogen) atoms. The van der Waals surface area contributed by atoms with E-state index in [0.29, 0.717) is 0 Å². The smallest absolute Gasteiger partial charge is 0.154 e. The Morgan fingerprint density at radius 3 is 2.47 bits per heavy atom. The summed E-state index contributed by atoms with van der Waals surface area (Å²) in [5, 5.41) is 3.20. The van der Waals surface area contributed by atoms with Crippen LogP contribution in [0.3, 0.4) is 0 Å². The predicted molar refractivity (Wildman–Crippen MR) is 62.9 cm³/mol. The van der Waals surface area contributed by atoms with Crippen LogP contribution in [0.5, 0.6) is 0 Å². The van der Waals surface area contributed by atoms with Gasteiger partial charge in [-0.25, -0.2) is 8.42 Å². The summed E-state index contributed by atoms with van der Waals surface area (Å²) < 4.78 is 28.0. The molecular formula is C10H23NO3S. The predicted octanol–water partition coefficient (Wildman–Crippen LogP) is 0.826. The lowest BCUT2D eigenvalue weighted by Gasteiger charge is -2.16. The SMILES string of the molecule is CCCC(CS(=O)(=O)CCOC)NCC. The van der Waals surface area contributed by atoms with Crippen LogP contribution >= 0.6 is 0 Å². The summed E-state index contributed by atoms with van der Waals surface area (Å²) >= 11 is 0. The maximum atomic E-state index is 11.6. The second-order valence-corrected chi connectivity index (χ2v) is 5.88. The first-order valence-corrected chi connectivity index (χ1v) is 7.30. The molecule has 0 aromatic rings. The monoisotopic (exact) mass is 237 g/mol. The molecule has 0 heterocycles. The fourth-order valence-corrected chi connectivity index (χ4v) is 2.97. The molecule has 0 aromatic heterocycles. The Morgan fingerprint density at radius 2 is 2.00 bits per heavy atom. The van der Waals surface area contributed by atoms with Crippen molar-refractivity contribution in [1.82, 2.24) is 5.32 Å². The van der Waals surface area contributed by atoms with Gasteiger partial charge in [-0.05, 0) is 13.0 Å². The number of hydrogen-bond donors (Lipinski definition) is 1. The van der Waals surface area contributed by atoms with E-state index in [9.17, 15) is 8.42 Å². The van der Waals surface area contributed by atoms with Gasteiger partial charge >= 0.3 is 0 Å².